The second-order valence-electron chi connectivity index (χ2n) is 26.9. The Morgan fingerprint density at radius 1 is 0.795 bits per heavy atom. The normalized spacial score (nSPS) is 43.8. The number of fused-ring (bicyclic) bond motifs is 6. The third kappa shape index (κ3) is 13.0. The quantitative estimate of drug-likeness (QED) is 0.0460. The number of cyclic esters (lactones) is 1. The van der Waals surface area contributed by atoms with E-state index in [9.17, 15) is 55.2 Å². The van der Waals surface area contributed by atoms with Gasteiger partial charge in [-0.1, -0.05) is 20.3 Å². The largest absolute Gasteiger partial charge is 0.480 e. The van der Waals surface area contributed by atoms with Gasteiger partial charge in [0, 0.05) is 49.5 Å². The monoisotopic (exact) mass is 1260 g/mol. The molecule has 4 saturated heterocycles. The molecule has 27 heteroatoms. The van der Waals surface area contributed by atoms with Crippen molar-refractivity contribution in [3.63, 3.8) is 0 Å². The van der Waals surface area contributed by atoms with Crippen LogP contribution in [-0.2, 0) is 57.0 Å². The minimum Gasteiger partial charge on any atom is -0.480 e. The lowest BCUT2D eigenvalue weighted by molar-refractivity contribution is -0.337. The highest BCUT2D eigenvalue weighted by molar-refractivity contribution is 7.99. The van der Waals surface area contributed by atoms with Crippen LogP contribution < -0.4 is 11.1 Å². The number of carbonyl (C=O) groups is 3. The summed E-state index contributed by atoms with van der Waals surface area (Å²) in [6.07, 6.45) is -1.72. The fourth-order valence-electron chi connectivity index (χ4n) is 16.9. The zero-order valence-corrected chi connectivity index (χ0v) is 51.7. The van der Waals surface area contributed by atoms with E-state index < -0.39 is 133 Å². The number of anilines is 1. The molecule has 26 atom stereocenters. The Kier molecular flexibility index (Phi) is 20.2. The van der Waals surface area contributed by atoms with E-state index in [0.717, 1.165) is 37.7 Å². The number of esters is 1. The van der Waals surface area contributed by atoms with Crippen LogP contribution in [0, 0.1) is 34.5 Å². The number of nitrogens with one attached hydrogen (secondary N) is 1. The number of carbonyl (C=O) groups excluding carboxylic acids is 2. The number of aliphatic hydroxyl groups is 7. The maximum Gasteiger partial charge on any atom is 0.331 e. The first-order chi connectivity index (χ1) is 42.0. The molecule has 26 nitrogen and oxygen atoms in total. The molecule has 3 unspecified atom stereocenters. The van der Waals surface area contributed by atoms with Crippen LogP contribution >= 0.6 is 11.8 Å². The SMILES string of the molecule is C[C@H]1OC(O[C@H]2[C@@H](O)CC(O[C@H]3[C@@H](O)C[C@H](O[C@@H]4CC[C@@]5(C)[C@H](CCC6[C@@H]5C[C@@H](O)[C@]5(C)[C@@H](C7=CC(=O)OC7)CC[C@]65O)C4)O[C@@H]3C)O[C@@H]2C)C[C@H](O)[C@@H]1OCCCCCC(=O)N[C@@H](CCSC[C@H]1O[C@@H](n2cnc3c(N)ncnc32)[C@H](O)[C@@H]1O)C(=O)O. The summed E-state index contributed by atoms with van der Waals surface area (Å²) in [5.41, 5.74) is 5.55. The molecule has 7 heterocycles. The molecule has 492 valence electrons. The summed E-state index contributed by atoms with van der Waals surface area (Å²) in [7, 11) is 0. The standard InChI is InChI=1S/C61H92N6O20S/c1-29-52(79-17-8-6-7-9-44(72)66-38(58(76)77)14-18-88-26-42-50(74)51(75)57(85-42)67-28-65-49-55(62)63-27-64-56(49)67)39(68)22-47(81-29)86-54-31(3)83-48(24-41(54)70)87-53-30(2)82-46(23-40(53)69)84-34-12-15-59(4)33(20-34)10-11-36-37(59)21-43(71)60(5)35(13-16-61(36,60)78)32-19-45(73)80-25-32/h19,27-31,33-43,46-48,50-54,57,68-71,74-75,78H,6-18,20-26H2,1-5H3,(H,66,72)(H,76,77)(H2,62,63,64)/t29-,30-,31-,33-,34-,35-,36?,37+,38+,39+,40+,41+,42-,43-,46+,47?,48?,50-,51-,52-,53-,54-,57-,59+,60+,61+/m1/s1. The molecular formula is C61H92N6O20S. The van der Waals surface area contributed by atoms with Crippen LogP contribution in [0.25, 0.3) is 11.2 Å². The zero-order chi connectivity index (χ0) is 62.6. The van der Waals surface area contributed by atoms with Crippen molar-refractivity contribution in [3.05, 3.63) is 24.3 Å². The van der Waals surface area contributed by atoms with Gasteiger partial charge in [-0.25, -0.2) is 24.5 Å². The highest BCUT2D eigenvalue weighted by Crippen LogP contribution is 2.70. The summed E-state index contributed by atoms with van der Waals surface area (Å²) in [6, 6.07) is -1.12. The predicted octanol–water partition coefficient (Wildman–Crippen LogP) is 2.54. The Hall–Kier alpha value is -3.75. The van der Waals surface area contributed by atoms with E-state index in [1.54, 1.807) is 19.9 Å². The third-order valence-corrected chi connectivity index (χ3v) is 22.8. The smallest absolute Gasteiger partial charge is 0.331 e. The minimum atomic E-state index is -1.28. The number of thioether (sulfide) groups is 1. The van der Waals surface area contributed by atoms with Crippen molar-refractivity contribution in [1.29, 1.82) is 0 Å². The Morgan fingerprint density at radius 3 is 2.11 bits per heavy atom. The van der Waals surface area contributed by atoms with E-state index in [1.165, 1.54) is 29.0 Å². The number of rotatable bonds is 22. The number of hydrogen-bond acceptors (Lipinski definition) is 24. The van der Waals surface area contributed by atoms with Crippen molar-refractivity contribution in [2.75, 3.05) is 30.5 Å². The molecule has 5 aliphatic heterocycles. The van der Waals surface area contributed by atoms with Crippen molar-refractivity contribution in [2.45, 2.75) is 260 Å². The second kappa shape index (κ2) is 27.1. The number of nitrogens with zero attached hydrogens (tertiary/aromatic N) is 4. The van der Waals surface area contributed by atoms with Crippen molar-refractivity contribution in [3.8, 4) is 0 Å². The van der Waals surface area contributed by atoms with Gasteiger partial charge in [0.15, 0.2) is 36.6 Å². The molecule has 0 radical (unpaired) electrons. The number of carboxylic acids is 1. The Labute approximate surface area is 516 Å². The molecule has 11 N–H and O–H groups in total. The first-order valence-corrected chi connectivity index (χ1v) is 33.0. The molecule has 88 heavy (non-hydrogen) atoms. The number of aliphatic hydroxyl groups excluding tert-OH is 6. The van der Waals surface area contributed by atoms with Crippen LogP contribution in [0.2, 0.25) is 0 Å². The van der Waals surface area contributed by atoms with E-state index >= 15 is 0 Å². The lowest BCUT2D eigenvalue weighted by Crippen LogP contribution is -2.67. The molecule has 2 aromatic heterocycles. The number of ether oxygens (including phenoxy) is 9. The Bertz CT molecular complexity index is 2770. The topological polar surface area (TPSA) is 378 Å². The third-order valence-electron chi connectivity index (χ3n) is 21.7. The lowest BCUT2D eigenvalue weighted by atomic mass is 9.42. The molecular weight excluding hydrogens is 1170 g/mol. The van der Waals surface area contributed by atoms with Crippen LogP contribution in [0.5, 0.6) is 0 Å². The van der Waals surface area contributed by atoms with Crippen molar-refractivity contribution >= 4 is 46.6 Å². The number of nitrogen functional groups attached to an aromatic ring is 1. The molecule has 2 aromatic rings. The first-order valence-electron chi connectivity index (χ1n) is 31.9. The van der Waals surface area contributed by atoms with E-state index in [-0.39, 0.29) is 92.1 Å². The minimum absolute atomic E-state index is 0.0453. The van der Waals surface area contributed by atoms with Gasteiger partial charge in [0.05, 0.1) is 66.9 Å². The van der Waals surface area contributed by atoms with Gasteiger partial charge >= 0.3 is 11.9 Å². The van der Waals surface area contributed by atoms with Crippen LogP contribution in [0.1, 0.15) is 144 Å². The van der Waals surface area contributed by atoms with Crippen LogP contribution in [0.15, 0.2) is 24.3 Å². The Morgan fingerprint density at radius 2 is 1.47 bits per heavy atom. The van der Waals surface area contributed by atoms with E-state index in [2.05, 4.69) is 27.2 Å². The van der Waals surface area contributed by atoms with Crippen molar-refractivity contribution < 1.29 is 97.9 Å². The van der Waals surface area contributed by atoms with E-state index in [1.807, 2.05) is 13.8 Å². The van der Waals surface area contributed by atoms with Gasteiger partial charge in [0.1, 0.15) is 55.0 Å². The summed E-state index contributed by atoms with van der Waals surface area (Å²) < 4.78 is 56.7. The zero-order valence-electron chi connectivity index (χ0n) is 50.9. The lowest BCUT2D eigenvalue weighted by Gasteiger charge is -2.65. The molecule has 0 bridgehead atoms. The van der Waals surface area contributed by atoms with Crippen molar-refractivity contribution in [1.82, 2.24) is 24.8 Å². The maximum atomic E-state index is 12.8. The van der Waals surface area contributed by atoms with Gasteiger partial charge in [0.25, 0.3) is 0 Å². The number of aliphatic carboxylic acids is 1. The molecule has 9 aliphatic rings. The van der Waals surface area contributed by atoms with Crippen LogP contribution in [-0.4, -0.2) is 219 Å². The summed E-state index contributed by atoms with van der Waals surface area (Å²) in [5, 5.41) is 92.6. The van der Waals surface area contributed by atoms with Gasteiger partial charge in [-0.05, 0) is 132 Å². The van der Waals surface area contributed by atoms with Gasteiger partial charge < -0.3 is 94.5 Å². The summed E-state index contributed by atoms with van der Waals surface area (Å²) in [6.45, 7) is 10.2. The first kappa shape index (κ1) is 65.7. The summed E-state index contributed by atoms with van der Waals surface area (Å²) >= 11 is 1.32. The molecule has 4 saturated carbocycles. The van der Waals surface area contributed by atoms with Gasteiger partial charge in [-0.2, -0.15) is 11.8 Å². The fourth-order valence-corrected chi connectivity index (χ4v) is 17.9. The fraction of sp³-hybridized carbons (Fsp3) is 0.836. The summed E-state index contributed by atoms with van der Waals surface area (Å²) in [5.74, 6) is -0.773. The highest BCUT2D eigenvalue weighted by atomic mass is 32.2. The summed E-state index contributed by atoms with van der Waals surface area (Å²) in [4.78, 5) is 49.1. The molecule has 1 amide bonds. The van der Waals surface area contributed by atoms with Crippen LogP contribution in [0.4, 0.5) is 5.82 Å². The van der Waals surface area contributed by atoms with Crippen molar-refractivity contribution in [2.24, 2.45) is 34.5 Å². The van der Waals surface area contributed by atoms with Crippen LogP contribution in [0.3, 0.4) is 0 Å². The number of aromatic nitrogens is 4. The van der Waals surface area contributed by atoms with Gasteiger partial charge in [0.2, 0.25) is 5.91 Å². The molecule has 8 fully saturated rings. The predicted molar refractivity (Wildman–Crippen MR) is 312 cm³/mol. The molecule has 0 spiro atoms. The average Bonchev–Trinajstić information content (AvgIpc) is 1.38. The Balaban J connectivity index is 0.552. The number of hydrogen-bond donors (Lipinski definition) is 10. The van der Waals surface area contributed by atoms with E-state index in [0.29, 0.717) is 61.4 Å². The highest BCUT2D eigenvalue weighted by Gasteiger charge is 2.71. The molecule has 11 rings (SSSR count). The number of amides is 1. The van der Waals surface area contributed by atoms with E-state index in [4.69, 9.17) is 48.4 Å². The second-order valence-corrected chi connectivity index (χ2v) is 28.1. The molecule has 0 aromatic carbocycles. The number of carboxylic acid groups (broad SMARTS) is 1. The number of unbranched alkanes of at least 4 members (excludes halogenated alkanes) is 2. The van der Waals surface area contributed by atoms with Gasteiger partial charge in [-0.3, -0.25) is 9.36 Å². The van der Waals surface area contributed by atoms with Gasteiger partial charge in [-0.15, -0.1) is 0 Å². The number of nitrogens with two attached hydrogens (primary N) is 1. The average molecular weight is 1260 g/mol. The molecule has 4 aliphatic carbocycles. The maximum absolute atomic E-state index is 12.8. The number of imidazole rings is 1.